The molecule has 1 nitrogen and oxygen atoms in total. The molecule has 0 aromatic heterocycles. The molecule has 0 spiro atoms. The Balaban J connectivity index is 3.66. The number of unbranched alkanes of at least 4 members (excludes halogenated alkanes) is 2. The topological polar surface area (TPSA) is 9.23 Å². The molecular formula is C12H24O. The molecule has 0 heterocycles. The van der Waals surface area contributed by atoms with Crippen molar-refractivity contribution in [1.29, 1.82) is 0 Å². The average molecular weight is 184 g/mol. The molecule has 0 amide bonds. The van der Waals surface area contributed by atoms with E-state index < -0.39 is 0 Å². The lowest BCUT2D eigenvalue weighted by Gasteiger charge is -2.10. The molecule has 0 unspecified atom stereocenters. The number of allylic oxidation sites excluding steroid dienone is 1. The lowest BCUT2D eigenvalue weighted by Crippen LogP contribution is -1.96. The Morgan fingerprint density at radius 2 is 1.62 bits per heavy atom. The van der Waals surface area contributed by atoms with Crippen molar-refractivity contribution in [2.24, 2.45) is 5.92 Å². The predicted molar refractivity (Wildman–Crippen MR) is 58.7 cm³/mol. The van der Waals surface area contributed by atoms with Gasteiger partial charge in [0.25, 0.3) is 0 Å². The van der Waals surface area contributed by atoms with Crippen LogP contribution in [-0.2, 0) is 4.74 Å². The molecule has 0 aromatic rings. The average Bonchev–Trinajstić information content (AvgIpc) is 2.17. The fraction of sp³-hybridized carbons (Fsp3) is 0.833. The summed E-state index contributed by atoms with van der Waals surface area (Å²) in [6, 6.07) is 0. The van der Waals surface area contributed by atoms with Crippen molar-refractivity contribution in [2.75, 3.05) is 7.11 Å². The normalized spacial score (nSPS) is 11.4. The molecule has 0 saturated carbocycles. The maximum Gasteiger partial charge on any atom is 0.0787 e. The predicted octanol–water partition coefficient (Wildman–Crippen LogP) is 4.14. The van der Waals surface area contributed by atoms with Gasteiger partial charge in [0, 0.05) is 0 Å². The van der Waals surface area contributed by atoms with E-state index in [1.54, 1.807) is 7.11 Å². The largest absolute Gasteiger partial charge is 0.505 e. The first-order chi connectivity index (χ1) is 6.35. The van der Waals surface area contributed by atoms with Crippen LogP contribution in [0.2, 0.25) is 0 Å². The maximum atomic E-state index is 4.95. The summed E-state index contributed by atoms with van der Waals surface area (Å²) in [5, 5.41) is 0. The molecule has 0 aliphatic heterocycles. The molecule has 0 aliphatic carbocycles. The quantitative estimate of drug-likeness (QED) is 0.515. The van der Waals surface area contributed by atoms with Gasteiger partial charge in [0.1, 0.15) is 0 Å². The van der Waals surface area contributed by atoms with E-state index in [0.29, 0.717) is 0 Å². The molecule has 0 N–H and O–H groups in total. The van der Waals surface area contributed by atoms with Crippen molar-refractivity contribution in [3.63, 3.8) is 0 Å². The Hall–Kier alpha value is -0.460. The molecule has 0 fully saturated rings. The molecule has 1 heteroatoms. The first-order valence-electron chi connectivity index (χ1n) is 5.54. The second-order valence-electron chi connectivity index (χ2n) is 3.61. The van der Waals surface area contributed by atoms with Gasteiger partial charge in [-0.25, -0.2) is 0 Å². The summed E-state index contributed by atoms with van der Waals surface area (Å²) in [4.78, 5) is 0. The molecule has 78 valence electrons. The van der Waals surface area contributed by atoms with E-state index in [2.05, 4.69) is 19.9 Å². The van der Waals surface area contributed by atoms with E-state index in [1.165, 1.54) is 38.5 Å². The van der Waals surface area contributed by atoms with Crippen molar-refractivity contribution in [3.8, 4) is 0 Å². The minimum Gasteiger partial charge on any atom is -0.505 e. The highest BCUT2D eigenvalue weighted by Crippen LogP contribution is 2.17. The summed E-state index contributed by atoms with van der Waals surface area (Å²) in [6.45, 7) is 4.49. The number of methoxy groups -OCH3 is 1. The van der Waals surface area contributed by atoms with Crippen molar-refractivity contribution >= 4 is 0 Å². The number of rotatable bonds is 8. The van der Waals surface area contributed by atoms with Gasteiger partial charge < -0.3 is 4.74 Å². The van der Waals surface area contributed by atoms with Crippen LogP contribution in [0.25, 0.3) is 0 Å². The van der Waals surface area contributed by atoms with E-state index in [0.717, 1.165) is 5.92 Å². The highest BCUT2D eigenvalue weighted by atomic mass is 16.5. The van der Waals surface area contributed by atoms with E-state index in [-0.39, 0.29) is 0 Å². The second kappa shape index (κ2) is 9.63. The van der Waals surface area contributed by atoms with Crippen LogP contribution in [0.5, 0.6) is 0 Å². The minimum absolute atomic E-state index is 0.736. The summed E-state index contributed by atoms with van der Waals surface area (Å²) in [5.41, 5.74) is 0. The van der Waals surface area contributed by atoms with Gasteiger partial charge in [0.2, 0.25) is 0 Å². The third kappa shape index (κ3) is 7.89. The van der Waals surface area contributed by atoms with Crippen molar-refractivity contribution in [2.45, 2.75) is 52.4 Å². The molecule has 0 radical (unpaired) electrons. The van der Waals surface area contributed by atoms with E-state index in [9.17, 15) is 0 Å². The first-order valence-corrected chi connectivity index (χ1v) is 5.54. The molecule has 0 rings (SSSR count). The summed E-state index contributed by atoms with van der Waals surface area (Å²) in [5.74, 6) is 0.736. The van der Waals surface area contributed by atoms with Gasteiger partial charge in [0.05, 0.1) is 13.4 Å². The first kappa shape index (κ1) is 12.5. The Bertz CT molecular complexity index is 110. The van der Waals surface area contributed by atoms with Gasteiger partial charge in [-0.05, 0) is 24.8 Å². The van der Waals surface area contributed by atoms with Crippen LogP contribution in [0.15, 0.2) is 12.3 Å². The van der Waals surface area contributed by atoms with Crippen LogP contribution in [0, 0.1) is 5.92 Å². The van der Waals surface area contributed by atoms with Gasteiger partial charge in [-0.2, -0.15) is 0 Å². The third-order valence-corrected chi connectivity index (χ3v) is 2.34. The molecule has 0 atom stereocenters. The Morgan fingerprint density at radius 3 is 2.00 bits per heavy atom. The SMILES string of the molecule is CCCCC(C=COC)CCCC. The van der Waals surface area contributed by atoms with Gasteiger partial charge in [-0.15, -0.1) is 0 Å². The van der Waals surface area contributed by atoms with Gasteiger partial charge >= 0.3 is 0 Å². The van der Waals surface area contributed by atoms with Crippen LogP contribution in [0.3, 0.4) is 0 Å². The van der Waals surface area contributed by atoms with Crippen molar-refractivity contribution < 1.29 is 4.74 Å². The second-order valence-corrected chi connectivity index (χ2v) is 3.61. The number of ether oxygens (including phenoxy) is 1. The molecule has 0 saturated heterocycles. The Labute approximate surface area is 83.2 Å². The summed E-state index contributed by atoms with van der Waals surface area (Å²) < 4.78 is 4.95. The molecule has 13 heavy (non-hydrogen) atoms. The van der Waals surface area contributed by atoms with Crippen LogP contribution in [-0.4, -0.2) is 7.11 Å². The molecular weight excluding hydrogens is 160 g/mol. The summed E-state index contributed by atoms with van der Waals surface area (Å²) >= 11 is 0. The smallest absolute Gasteiger partial charge is 0.0787 e. The zero-order valence-corrected chi connectivity index (χ0v) is 9.38. The molecule has 0 aromatic carbocycles. The van der Waals surface area contributed by atoms with Crippen LogP contribution < -0.4 is 0 Å². The maximum absolute atomic E-state index is 4.95. The number of hydrogen-bond donors (Lipinski definition) is 0. The monoisotopic (exact) mass is 184 g/mol. The van der Waals surface area contributed by atoms with E-state index in [1.807, 2.05) is 6.26 Å². The Morgan fingerprint density at radius 1 is 1.08 bits per heavy atom. The lowest BCUT2D eigenvalue weighted by molar-refractivity contribution is 0.331. The highest BCUT2D eigenvalue weighted by Gasteiger charge is 2.02. The van der Waals surface area contributed by atoms with E-state index in [4.69, 9.17) is 4.74 Å². The summed E-state index contributed by atoms with van der Waals surface area (Å²) in [7, 11) is 1.72. The number of hydrogen-bond acceptors (Lipinski definition) is 1. The van der Waals surface area contributed by atoms with Gasteiger partial charge in [0.15, 0.2) is 0 Å². The fourth-order valence-corrected chi connectivity index (χ4v) is 1.46. The van der Waals surface area contributed by atoms with Crippen molar-refractivity contribution in [3.05, 3.63) is 12.3 Å². The van der Waals surface area contributed by atoms with Crippen LogP contribution in [0.1, 0.15) is 52.4 Å². The molecule has 0 bridgehead atoms. The van der Waals surface area contributed by atoms with Gasteiger partial charge in [-0.1, -0.05) is 39.5 Å². The highest BCUT2D eigenvalue weighted by molar-refractivity contribution is 4.82. The minimum atomic E-state index is 0.736. The standard InChI is InChI=1S/C12H24O/c1-4-6-8-12(9-7-5-2)10-11-13-3/h10-12H,4-9H2,1-3H3. The third-order valence-electron chi connectivity index (χ3n) is 2.34. The van der Waals surface area contributed by atoms with Crippen LogP contribution in [0.4, 0.5) is 0 Å². The zero-order valence-electron chi connectivity index (χ0n) is 9.38. The van der Waals surface area contributed by atoms with Gasteiger partial charge in [-0.3, -0.25) is 0 Å². The van der Waals surface area contributed by atoms with E-state index >= 15 is 0 Å². The Kier molecular flexibility index (Phi) is 9.29. The fourth-order valence-electron chi connectivity index (χ4n) is 1.46. The van der Waals surface area contributed by atoms with Crippen molar-refractivity contribution in [1.82, 2.24) is 0 Å². The zero-order chi connectivity index (χ0) is 9.94. The molecule has 0 aliphatic rings. The lowest BCUT2D eigenvalue weighted by atomic mass is 9.96. The van der Waals surface area contributed by atoms with Crippen LogP contribution >= 0.6 is 0 Å². The summed E-state index contributed by atoms with van der Waals surface area (Å²) in [6.07, 6.45) is 11.9.